The quantitative estimate of drug-likeness (QED) is 0.879. The van der Waals surface area contributed by atoms with Gasteiger partial charge in [-0.15, -0.1) is 11.3 Å². The molecule has 2 N–H and O–H groups in total. The molecule has 2 aromatic heterocycles. The maximum absolute atomic E-state index is 12.2. The zero-order chi connectivity index (χ0) is 16.6. The molecule has 1 aliphatic carbocycles. The Hall–Kier alpha value is -2.22. The molecule has 0 bridgehead atoms. The topological polar surface area (TPSA) is 91.0 Å². The molecule has 23 heavy (non-hydrogen) atoms. The van der Waals surface area contributed by atoms with Crippen molar-refractivity contribution in [3.8, 4) is 0 Å². The number of aromatic amines is 1. The molecule has 3 rings (SSSR count). The molecule has 2 aromatic rings. The molecule has 0 radical (unpaired) electrons. The van der Waals surface area contributed by atoms with E-state index in [4.69, 9.17) is 0 Å². The number of nitrogens with one attached hydrogen (secondary N) is 2. The van der Waals surface area contributed by atoms with Crippen LogP contribution in [0.25, 0.3) is 0 Å². The summed E-state index contributed by atoms with van der Waals surface area (Å²) in [7, 11) is 3.67. The van der Waals surface area contributed by atoms with Crippen LogP contribution in [0.5, 0.6) is 0 Å². The van der Waals surface area contributed by atoms with Crippen molar-refractivity contribution in [2.45, 2.75) is 31.7 Å². The van der Waals surface area contributed by atoms with Crippen molar-refractivity contribution in [1.82, 2.24) is 20.3 Å². The van der Waals surface area contributed by atoms with Crippen LogP contribution in [0.3, 0.4) is 0 Å². The number of anilines is 1. The van der Waals surface area contributed by atoms with E-state index in [9.17, 15) is 9.59 Å². The lowest BCUT2D eigenvalue weighted by atomic mass is 9.78. The Morgan fingerprint density at radius 3 is 2.78 bits per heavy atom. The first-order chi connectivity index (χ1) is 10.9. The van der Waals surface area contributed by atoms with Crippen LogP contribution in [0.1, 0.15) is 39.8 Å². The molecule has 1 saturated carbocycles. The molecular formula is C15H19N5O2S. The molecule has 0 aromatic carbocycles. The monoisotopic (exact) mass is 333 g/mol. The van der Waals surface area contributed by atoms with E-state index in [2.05, 4.69) is 20.3 Å². The van der Waals surface area contributed by atoms with Gasteiger partial charge in [-0.3, -0.25) is 14.6 Å². The fourth-order valence-corrected chi connectivity index (χ4v) is 3.34. The molecule has 1 fully saturated rings. The summed E-state index contributed by atoms with van der Waals surface area (Å²) in [4.78, 5) is 37.6. The van der Waals surface area contributed by atoms with Gasteiger partial charge in [0.15, 0.2) is 0 Å². The summed E-state index contributed by atoms with van der Waals surface area (Å²) in [6.45, 7) is 1.83. The Morgan fingerprint density at radius 1 is 1.43 bits per heavy atom. The van der Waals surface area contributed by atoms with Gasteiger partial charge in [0.1, 0.15) is 4.88 Å². The molecule has 0 atom stereocenters. The van der Waals surface area contributed by atoms with E-state index in [1.54, 1.807) is 16.5 Å². The first kappa shape index (κ1) is 15.7. The lowest BCUT2D eigenvalue weighted by molar-refractivity contribution is 0.0911. The molecule has 122 valence electrons. The maximum Gasteiger partial charge on any atom is 0.263 e. The molecule has 0 aliphatic heterocycles. The minimum atomic E-state index is -0.147. The van der Waals surface area contributed by atoms with Crippen LogP contribution in [-0.2, 0) is 0 Å². The number of aromatic nitrogens is 3. The molecular weight excluding hydrogens is 314 g/mol. The van der Waals surface area contributed by atoms with E-state index in [1.807, 2.05) is 21.0 Å². The fraction of sp³-hybridized carbons (Fsp3) is 0.467. The predicted octanol–water partition coefficient (Wildman–Crippen LogP) is 1.28. The van der Waals surface area contributed by atoms with Gasteiger partial charge < -0.3 is 10.2 Å². The minimum Gasteiger partial charge on any atom is -0.349 e. The molecule has 8 heteroatoms. The minimum absolute atomic E-state index is 0.0682. The largest absolute Gasteiger partial charge is 0.349 e. The van der Waals surface area contributed by atoms with Gasteiger partial charge in [-0.05, 0) is 19.8 Å². The molecule has 0 saturated heterocycles. The van der Waals surface area contributed by atoms with Gasteiger partial charge in [-0.25, -0.2) is 9.97 Å². The molecule has 0 unspecified atom stereocenters. The van der Waals surface area contributed by atoms with Gasteiger partial charge in [0.25, 0.3) is 11.5 Å². The van der Waals surface area contributed by atoms with Crippen molar-refractivity contribution < 1.29 is 4.79 Å². The highest BCUT2D eigenvalue weighted by Gasteiger charge is 2.33. The molecule has 0 spiro atoms. The van der Waals surface area contributed by atoms with Crippen molar-refractivity contribution >= 4 is 23.2 Å². The van der Waals surface area contributed by atoms with Crippen molar-refractivity contribution in [2.24, 2.45) is 0 Å². The molecule has 2 heterocycles. The number of carbonyl (C=O) groups excluding carboxylic acids is 1. The van der Waals surface area contributed by atoms with Gasteiger partial charge in [0.05, 0.1) is 16.9 Å². The van der Waals surface area contributed by atoms with Crippen LogP contribution in [0, 0.1) is 6.92 Å². The highest BCUT2D eigenvalue weighted by Crippen LogP contribution is 2.36. The fourth-order valence-electron chi connectivity index (χ4n) is 2.63. The predicted molar refractivity (Wildman–Crippen MR) is 89.3 cm³/mol. The molecule has 1 amide bonds. The highest BCUT2D eigenvalue weighted by atomic mass is 32.1. The number of amides is 1. The molecule has 1 aliphatic rings. The third-order valence-corrected chi connectivity index (χ3v) is 4.94. The van der Waals surface area contributed by atoms with Gasteiger partial charge >= 0.3 is 0 Å². The van der Waals surface area contributed by atoms with E-state index >= 15 is 0 Å². The smallest absolute Gasteiger partial charge is 0.263 e. The Kier molecular flexibility index (Phi) is 4.16. The van der Waals surface area contributed by atoms with Crippen LogP contribution >= 0.6 is 11.3 Å². The summed E-state index contributed by atoms with van der Waals surface area (Å²) >= 11 is 1.35. The second-order valence-electron chi connectivity index (χ2n) is 5.99. The normalized spacial score (nSPS) is 20.0. The van der Waals surface area contributed by atoms with Crippen LogP contribution in [-0.4, -0.2) is 41.0 Å². The third kappa shape index (κ3) is 3.26. The van der Waals surface area contributed by atoms with Gasteiger partial charge in [0.2, 0.25) is 5.95 Å². The summed E-state index contributed by atoms with van der Waals surface area (Å²) in [6, 6.07) is 1.67. The number of hydrogen-bond acceptors (Lipinski definition) is 6. The second-order valence-corrected chi connectivity index (χ2v) is 6.85. The summed E-state index contributed by atoms with van der Waals surface area (Å²) in [6.07, 6.45) is 1.60. The van der Waals surface area contributed by atoms with E-state index in [0.29, 0.717) is 10.8 Å². The van der Waals surface area contributed by atoms with Crippen LogP contribution < -0.4 is 15.8 Å². The Labute approximate surface area is 137 Å². The zero-order valence-corrected chi connectivity index (χ0v) is 14.1. The SMILES string of the molecule is Cc1ncsc1C(=O)NC1CC(c2cc(=O)[nH]c(N(C)C)n2)C1. The maximum atomic E-state index is 12.2. The number of H-pyrrole nitrogens is 1. The third-order valence-electron chi connectivity index (χ3n) is 4.02. The van der Waals surface area contributed by atoms with Crippen molar-refractivity contribution in [2.75, 3.05) is 19.0 Å². The standard InChI is InChI=1S/C15H19N5O2S/c1-8-13(23-7-16-8)14(22)17-10-4-9(5-10)11-6-12(21)19-15(18-11)20(2)3/h6-7,9-10H,4-5H2,1-3H3,(H,17,22)(H,18,19,21). The van der Waals surface area contributed by atoms with Crippen LogP contribution in [0.2, 0.25) is 0 Å². The lowest BCUT2D eigenvalue weighted by Gasteiger charge is -2.35. The van der Waals surface area contributed by atoms with E-state index < -0.39 is 0 Å². The van der Waals surface area contributed by atoms with Crippen LogP contribution in [0.15, 0.2) is 16.4 Å². The first-order valence-corrected chi connectivity index (χ1v) is 8.31. The van der Waals surface area contributed by atoms with Crippen molar-refractivity contribution in [1.29, 1.82) is 0 Å². The van der Waals surface area contributed by atoms with Crippen LogP contribution in [0.4, 0.5) is 5.95 Å². The lowest BCUT2D eigenvalue weighted by Crippen LogP contribution is -2.43. The van der Waals surface area contributed by atoms with E-state index in [0.717, 1.165) is 24.2 Å². The Balaban J connectivity index is 1.62. The average Bonchev–Trinajstić information content (AvgIpc) is 2.87. The molecule has 7 nitrogen and oxygen atoms in total. The highest BCUT2D eigenvalue weighted by molar-refractivity contribution is 7.11. The van der Waals surface area contributed by atoms with Gasteiger partial charge in [0, 0.05) is 32.1 Å². The number of carbonyl (C=O) groups is 1. The van der Waals surface area contributed by atoms with E-state index in [-0.39, 0.29) is 23.4 Å². The number of nitrogens with zero attached hydrogens (tertiary/aromatic N) is 3. The average molecular weight is 333 g/mol. The number of hydrogen-bond donors (Lipinski definition) is 2. The summed E-state index contributed by atoms with van der Waals surface area (Å²) < 4.78 is 0. The van der Waals surface area contributed by atoms with E-state index in [1.165, 1.54) is 11.3 Å². The van der Waals surface area contributed by atoms with Gasteiger partial charge in [-0.2, -0.15) is 0 Å². The second kappa shape index (κ2) is 6.11. The first-order valence-electron chi connectivity index (χ1n) is 7.43. The number of rotatable bonds is 4. The Morgan fingerprint density at radius 2 is 2.17 bits per heavy atom. The number of aryl methyl sites for hydroxylation is 1. The Bertz CT molecular complexity index is 776. The summed E-state index contributed by atoms with van der Waals surface area (Å²) in [5.74, 6) is 0.699. The summed E-state index contributed by atoms with van der Waals surface area (Å²) in [5.41, 5.74) is 3.08. The van der Waals surface area contributed by atoms with Gasteiger partial charge in [-0.1, -0.05) is 0 Å². The zero-order valence-electron chi connectivity index (χ0n) is 13.3. The van der Waals surface area contributed by atoms with Crippen molar-refractivity contribution in [3.05, 3.63) is 38.2 Å². The van der Waals surface area contributed by atoms with Crippen molar-refractivity contribution in [3.63, 3.8) is 0 Å². The number of thiazole rings is 1. The summed E-state index contributed by atoms with van der Waals surface area (Å²) in [5, 5.41) is 3.02.